The second-order valence-electron chi connectivity index (χ2n) is 5.89. The lowest BCUT2D eigenvalue weighted by molar-refractivity contribution is 0.0943. The largest absolute Gasteiger partial charge is 0.349 e. The molecule has 1 aromatic heterocycles. The van der Waals surface area contributed by atoms with Gasteiger partial charge in [-0.15, -0.1) is 0 Å². The molecule has 1 amide bonds. The van der Waals surface area contributed by atoms with E-state index >= 15 is 0 Å². The predicted molar refractivity (Wildman–Crippen MR) is 84.5 cm³/mol. The Balaban J connectivity index is 1.71. The molecule has 118 valence electrons. The summed E-state index contributed by atoms with van der Waals surface area (Å²) in [4.78, 5) is 12.1. The zero-order valence-electron chi connectivity index (χ0n) is 13.3. The molecule has 1 aromatic rings. The van der Waals surface area contributed by atoms with Crippen LogP contribution >= 0.6 is 0 Å². The van der Waals surface area contributed by atoms with E-state index in [4.69, 9.17) is 0 Å². The van der Waals surface area contributed by atoms with Crippen LogP contribution in [-0.2, 0) is 6.54 Å². The molecule has 1 aliphatic rings. The number of rotatable bonds is 6. The summed E-state index contributed by atoms with van der Waals surface area (Å²) in [6.45, 7) is 6.14. The third-order valence-corrected chi connectivity index (χ3v) is 4.13. The molecule has 0 saturated heterocycles. The zero-order chi connectivity index (χ0) is 15.1. The average molecular weight is 292 g/mol. The molecule has 0 aromatic carbocycles. The highest BCUT2D eigenvalue weighted by Crippen LogP contribution is 2.16. The van der Waals surface area contributed by atoms with Gasteiger partial charge in [-0.2, -0.15) is 5.10 Å². The normalized spacial score (nSPS) is 16.7. The van der Waals surface area contributed by atoms with Crippen LogP contribution in [0.2, 0.25) is 0 Å². The average Bonchev–Trinajstić information content (AvgIpc) is 2.69. The van der Waals surface area contributed by atoms with Crippen molar-refractivity contribution in [2.45, 2.75) is 65.0 Å². The number of hydrogen-bond donors (Lipinski definition) is 2. The number of nitrogens with zero attached hydrogens (tertiary/aromatic N) is 2. The van der Waals surface area contributed by atoms with Crippen LogP contribution in [0.5, 0.6) is 0 Å². The van der Waals surface area contributed by atoms with Gasteiger partial charge in [0.15, 0.2) is 0 Å². The van der Waals surface area contributed by atoms with E-state index in [0.29, 0.717) is 18.3 Å². The van der Waals surface area contributed by atoms with Crippen molar-refractivity contribution in [2.24, 2.45) is 0 Å². The van der Waals surface area contributed by atoms with Gasteiger partial charge in [0.25, 0.3) is 5.91 Å². The van der Waals surface area contributed by atoms with Crippen molar-refractivity contribution >= 4 is 5.91 Å². The maximum atomic E-state index is 12.1. The number of hydrogen-bond acceptors (Lipinski definition) is 3. The van der Waals surface area contributed by atoms with E-state index in [2.05, 4.69) is 15.7 Å². The van der Waals surface area contributed by atoms with E-state index < -0.39 is 0 Å². The van der Waals surface area contributed by atoms with Gasteiger partial charge in [0, 0.05) is 25.7 Å². The van der Waals surface area contributed by atoms with Gasteiger partial charge in [0.2, 0.25) is 0 Å². The lowest BCUT2D eigenvalue weighted by atomic mass is 10.1. The van der Waals surface area contributed by atoms with Crippen LogP contribution in [0, 0.1) is 6.92 Å². The van der Waals surface area contributed by atoms with Gasteiger partial charge in [0.05, 0.1) is 5.69 Å². The van der Waals surface area contributed by atoms with Gasteiger partial charge >= 0.3 is 0 Å². The van der Waals surface area contributed by atoms with Crippen LogP contribution in [0.25, 0.3) is 0 Å². The number of aryl methyl sites for hydroxylation is 2. The lowest BCUT2D eigenvalue weighted by Crippen LogP contribution is -2.37. The van der Waals surface area contributed by atoms with Crippen molar-refractivity contribution in [1.82, 2.24) is 20.4 Å². The minimum atomic E-state index is -0.0277. The van der Waals surface area contributed by atoms with E-state index in [-0.39, 0.29) is 5.91 Å². The number of nitrogens with one attached hydrogen (secondary N) is 2. The Bertz CT molecular complexity index is 447. The molecule has 5 nitrogen and oxygen atoms in total. The molecule has 21 heavy (non-hydrogen) atoms. The summed E-state index contributed by atoms with van der Waals surface area (Å²) in [5.41, 5.74) is 1.54. The summed E-state index contributed by atoms with van der Waals surface area (Å²) < 4.78 is 1.75. The second kappa shape index (κ2) is 8.17. The zero-order valence-corrected chi connectivity index (χ0v) is 13.3. The molecule has 0 atom stereocenters. The van der Waals surface area contributed by atoms with E-state index in [1.807, 2.05) is 19.9 Å². The highest BCUT2D eigenvalue weighted by molar-refractivity contribution is 5.92. The Kier molecular flexibility index (Phi) is 6.23. The molecule has 0 aliphatic heterocycles. The molecule has 1 aliphatic carbocycles. The molecule has 0 spiro atoms. The number of carbonyl (C=O) groups is 1. The Morgan fingerprint density at radius 1 is 1.29 bits per heavy atom. The summed E-state index contributed by atoms with van der Waals surface area (Å²) >= 11 is 0. The topological polar surface area (TPSA) is 59.0 Å². The van der Waals surface area contributed by atoms with Gasteiger partial charge in [-0.25, -0.2) is 0 Å². The smallest absolute Gasteiger partial charge is 0.269 e. The Morgan fingerprint density at radius 3 is 2.67 bits per heavy atom. The van der Waals surface area contributed by atoms with Crippen LogP contribution in [0.1, 0.15) is 61.6 Å². The van der Waals surface area contributed by atoms with Crippen LogP contribution in [-0.4, -0.2) is 34.8 Å². The fourth-order valence-corrected chi connectivity index (χ4v) is 3.00. The third-order valence-electron chi connectivity index (χ3n) is 4.13. The first-order valence-corrected chi connectivity index (χ1v) is 8.26. The van der Waals surface area contributed by atoms with Gasteiger partial charge in [-0.3, -0.25) is 9.48 Å². The van der Waals surface area contributed by atoms with Crippen molar-refractivity contribution in [1.29, 1.82) is 0 Å². The van der Waals surface area contributed by atoms with Crippen LogP contribution in [0.4, 0.5) is 0 Å². The van der Waals surface area contributed by atoms with E-state index in [9.17, 15) is 4.79 Å². The Labute approximate surface area is 127 Å². The fraction of sp³-hybridized carbons (Fsp3) is 0.750. The molecule has 1 saturated carbocycles. The van der Waals surface area contributed by atoms with Crippen LogP contribution in [0.15, 0.2) is 6.07 Å². The predicted octanol–water partition coefficient (Wildman–Crippen LogP) is 2.25. The monoisotopic (exact) mass is 292 g/mol. The molecule has 0 radical (unpaired) electrons. The molecule has 2 rings (SSSR count). The highest BCUT2D eigenvalue weighted by Gasteiger charge is 2.13. The van der Waals surface area contributed by atoms with Crippen molar-refractivity contribution in [3.05, 3.63) is 17.5 Å². The minimum absolute atomic E-state index is 0.0277. The van der Waals surface area contributed by atoms with Crippen LogP contribution < -0.4 is 10.6 Å². The molecular weight excluding hydrogens is 264 g/mol. The first-order valence-electron chi connectivity index (χ1n) is 8.26. The first kappa shape index (κ1) is 16.0. The standard InChI is InChI=1S/C16H28N4O/c1-3-20-15(12-13(2)19-20)16(21)18-11-10-17-14-8-6-4-5-7-9-14/h12,14,17H,3-11H2,1-2H3,(H,18,21). The maximum Gasteiger partial charge on any atom is 0.269 e. The summed E-state index contributed by atoms with van der Waals surface area (Å²) in [6, 6.07) is 2.48. The Hall–Kier alpha value is -1.36. The Morgan fingerprint density at radius 2 is 2.00 bits per heavy atom. The van der Waals surface area contributed by atoms with Gasteiger partial charge in [-0.05, 0) is 32.8 Å². The maximum absolute atomic E-state index is 12.1. The van der Waals surface area contributed by atoms with Crippen molar-refractivity contribution < 1.29 is 4.79 Å². The fourth-order valence-electron chi connectivity index (χ4n) is 3.00. The van der Waals surface area contributed by atoms with Crippen molar-refractivity contribution in [2.75, 3.05) is 13.1 Å². The van der Waals surface area contributed by atoms with Gasteiger partial charge in [0.1, 0.15) is 5.69 Å². The van der Waals surface area contributed by atoms with Gasteiger partial charge in [-0.1, -0.05) is 25.7 Å². The molecule has 2 N–H and O–H groups in total. The van der Waals surface area contributed by atoms with E-state index in [1.54, 1.807) is 4.68 Å². The van der Waals surface area contributed by atoms with E-state index in [0.717, 1.165) is 18.8 Å². The second-order valence-corrected chi connectivity index (χ2v) is 5.89. The summed E-state index contributed by atoms with van der Waals surface area (Å²) in [5.74, 6) is -0.0277. The van der Waals surface area contributed by atoms with E-state index in [1.165, 1.54) is 38.5 Å². The van der Waals surface area contributed by atoms with Crippen molar-refractivity contribution in [3.63, 3.8) is 0 Å². The molecule has 0 bridgehead atoms. The minimum Gasteiger partial charge on any atom is -0.349 e. The quantitative estimate of drug-likeness (QED) is 0.624. The number of carbonyl (C=O) groups excluding carboxylic acids is 1. The molecule has 1 fully saturated rings. The highest BCUT2D eigenvalue weighted by atomic mass is 16.2. The summed E-state index contributed by atoms with van der Waals surface area (Å²) in [7, 11) is 0. The molecule has 5 heteroatoms. The van der Waals surface area contributed by atoms with Crippen LogP contribution in [0.3, 0.4) is 0 Å². The molecular formula is C16H28N4O. The summed E-state index contributed by atoms with van der Waals surface area (Å²) in [5, 5.41) is 10.8. The van der Waals surface area contributed by atoms with Crippen molar-refractivity contribution in [3.8, 4) is 0 Å². The molecule has 0 unspecified atom stereocenters. The number of aromatic nitrogens is 2. The SMILES string of the molecule is CCn1nc(C)cc1C(=O)NCCNC1CCCCCC1. The molecule has 1 heterocycles. The third kappa shape index (κ3) is 4.84. The lowest BCUT2D eigenvalue weighted by Gasteiger charge is -2.16. The number of amides is 1. The van der Waals surface area contributed by atoms with Gasteiger partial charge < -0.3 is 10.6 Å². The summed E-state index contributed by atoms with van der Waals surface area (Å²) in [6.07, 6.45) is 7.95. The first-order chi connectivity index (χ1) is 10.2.